The van der Waals surface area contributed by atoms with Crippen LogP contribution in [0.2, 0.25) is 0 Å². The first-order valence-electron chi connectivity index (χ1n) is 16.6. The van der Waals surface area contributed by atoms with Gasteiger partial charge < -0.3 is 36.2 Å². The molecule has 0 unspecified atom stereocenters. The van der Waals surface area contributed by atoms with Crippen LogP contribution in [-0.4, -0.2) is 101 Å². The molecular formula is C34H47N9O5S. The van der Waals surface area contributed by atoms with E-state index in [9.17, 15) is 22.9 Å². The molecule has 0 aliphatic rings. The van der Waals surface area contributed by atoms with E-state index in [1.165, 1.54) is 12.1 Å². The van der Waals surface area contributed by atoms with Crippen molar-refractivity contribution >= 4 is 56.0 Å². The molecule has 0 bridgehead atoms. The van der Waals surface area contributed by atoms with Crippen molar-refractivity contribution in [3.8, 4) is 5.75 Å². The Balaban J connectivity index is 1.43. The van der Waals surface area contributed by atoms with Crippen LogP contribution in [-0.2, 0) is 10.1 Å². The average molecular weight is 694 g/mol. The molecule has 1 aromatic heterocycles. The van der Waals surface area contributed by atoms with Crippen molar-refractivity contribution in [3.63, 3.8) is 0 Å². The van der Waals surface area contributed by atoms with Crippen LogP contribution < -0.4 is 21.3 Å². The summed E-state index contributed by atoms with van der Waals surface area (Å²) < 4.78 is 32.6. The first-order valence-corrected chi connectivity index (χ1v) is 18.1. The molecule has 15 heteroatoms. The molecule has 4 rings (SSSR count). The lowest BCUT2D eigenvalue weighted by molar-refractivity contribution is 0.102. The van der Waals surface area contributed by atoms with Crippen LogP contribution in [0.5, 0.6) is 5.75 Å². The number of anilines is 5. The third-order valence-electron chi connectivity index (χ3n) is 8.16. The van der Waals surface area contributed by atoms with Gasteiger partial charge in [-0.1, -0.05) is 27.7 Å². The second-order valence-corrected chi connectivity index (χ2v) is 12.9. The quantitative estimate of drug-likeness (QED) is 0.0553. The molecule has 0 spiro atoms. The number of amides is 1. The molecule has 0 aliphatic carbocycles. The van der Waals surface area contributed by atoms with Crippen molar-refractivity contribution in [2.75, 3.05) is 73.6 Å². The molecule has 0 saturated carbocycles. The topological polar surface area (TPSA) is 185 Å². The van der Waals surface area contributed by atoms with Gasteiger partial charge in [-0.15, -0.1) is 0 Å². The Hall–Kier alpha value is -4.57. The molecule has 3 aromatic carbocycles. The summed E-state index contributed by atoms with van der Waals surface area (Å²) in [6.45, 7) is 16.0. The number of hydrogen-bond donors (Lipinski definition) is 6. The number of hydrogen-bond acceptors (Lipinski definition) is 12. The second kappa shape index (κ2) is 17.7. The molecular weight excluding hydrogens is 646 g/mol. The number of benzene rings is 3. The number of carbonyl (C=O) groups excluding carboxylic acids is 1. The summed E-state index contributed by atoms with van der Waals surface area (Å²) in [4.78, 5) is 31.1. The molecule has 0 fully saturated rings. The van der Waals surface area contributed by atoms with Crippen LogP contribution in [0.3, 0.4) is 0 Å². The second-order valence-electron chi connectivity index (χ2n) is 11.4. The number of nitrogens with zero attached hydrogens (tertiary/aromatic N) is 5. The molecule has 1 amide bonds. The minimum Gasteiger partial charge on any atom is -0.507 e. The van der Waals surface area contributed by atoms with Gasteiger partial charge in [0.25, 0.3) is 16.0 Å². The normalized spacial score (nSPS) is 11.7. The first kappa shape index (κ1) is 37.3. The zero-order valence-electron chi connectivity index (χ0n) is 28.5. The molecule has 14 nitrogen and oxygen atoms in total. The van der Waals surface area contributed by atoms with Crippen LogP contribution in [0.4, 0.5) is 29.2 Å². The molecule has 264 valence electrons. The Morgan fingerprint density at radius 3 is 1.80 bits per heavy atom. The minimum atomic E-state index is -4.52. The highest BCUT2D eigenvalue weighted by atomic mass is 32.2. The number of fused-ring (bicyclic) bond motifs is 1. The summed E-state index contributed by atoms with van der Waals surface area (Å²) in [5, 5.41) is 23.6. The Morgan fingerprint density at radius 2 is 1.27 bits per heavy atom. The lowest BCUT2D eigenvalue weighted by Gasteiger charge is -2.18. The molecule has 6 N–H and O–H groups in total. The number of phenolic OH excluding ortho intramolecular Hbond substituents is 1. The zero-order chi connectivity index (χ0) is 35.4. The van der Waals surface area contributed by atoms with Crippen LogP contribution in [0.1, 0.15) is 50.9 Å². The summed E-state index contributed by atoms with van der Waals surface area (Å²) in [5.74, 6) is 0.584. The standard InChI is InChI=1S/C34H47N9O5S/c1-5-42(6-2)19-9-17-35-32-39-33(36-18-10-20-43(7-3)8-4)41-34(40-32)38-26-13-11-24(12-14-26)31(45)37-27-15-16-29-25(21-27)22-28(23-30(29)44)49(46,47)48/h11-16,21-23,44H,5-10,17-20H2,1-4H3,(H,37,45)(H,46,47,48)(H3,35,36,38,39,40,41). The zero-order valence-corrected chi connectivity index (χ0v) is 29.3. The van der Waals surface area contributed by atoms with E-state index in [1.807, 2.05) is 0 Å². The molecule has 0 saturated heterocycles. The van der Waals surface area contributed by atoms with Gasteiger partial charge in [0.1, 0.15) is 5.75 Å². The van der Waals surface area contributed by atoms with Crippen molar-refractivity contribution in [3.05, 3.63) is 60.2 Å². The van der Waals surface area contributed by atoms with Gasteiger partial charge in [-0.05, 0) is 106 Å². The fourth-order valence-electron chi connectivity index (χ4n) is 5.26. The smallest absolute Gasteiger partial charge is 0.294 e. The number of nitrogens with one attached hydrogen (secondary N) is 4. The van der Waals surface area contributed by atoms with E-state index in [0.29, 0.717) is 58.6 Å². The van der Waals surface area contributed by atoms with E-state index >= 15 is 0 Å². The van der Waals surface area contributed by atoms with Crippen LogP contribution in [0.15, 0.2) is 59.5 Å². The van der Waals surface area contributed by atoms with Gasteiger partial charge in [0, 0.05) is 41.5 Å². The van der Waals surface area contributed by atoms with Gasteiger partial charge in [-0.3, -0.25) is 9.35 Å². The van der Waals surface area contributed by atoms with Crippen LogP contribution in [0.25, 0.3) is 10.8 Å². The molecule has 1 heterocycles. The van der Waals surface area contributed by atoms with Crippen molar-refractivity contribution < 1.29 is 22.9 Å². The summed E-state index contributed by atoms with van der Waals surface area (Å²) in [6, 6.07) is 13.6. The minimum absolute atomic E-state index is 0.305. The molecule has 0 atom stereocenters. The van der Waals surface area contributed by atoms with E-state index in [0.717, 1.165) is 58.2 Å². The van der Waals surface area contributed by atoms with E-state index < -0.39 is 20.9 Å². The monoisotopic (exact) mass is 693 g/mol. The third kappa shape index (κ3) is 11.0. The van der Waals surface area contributed by atoms with E-state index in [-0.39, 0.29) is 5.75 Å². The van der Waals surface area contributed by atoms with Crippen LogP contribution in [0, 0.1) is 0 Å². The summed E-state index contributed by atoms with van der Waals surface area (Å²) in [6.07, 6.45) is 1.89. The Morgan fingerprint density at radius 1 is 0.735 bits per heavy atom. The number of carbonyl (C=O) groups is 1. The van der Waals surface area contributed by atoms with Crippen molar-refractivity contribution in [2.24, 2.45) is 0 Å². The Labute approximate surface area is 288 Å². The van der Waals surface area contributed by atoms with Gasteiger partial charge in [0.15, 0.2) is 0 Å². The van der Waals surface area contributed by atoms with Gasteiger partial charge in [0.2, 0.25) is 17.8 Å². The van der Waals surface area contributed by atoms with Gasteiger partial charge in [0.05, 0.1) is 4.90 Å². The summed E-state index contributed by atoms with van der Waals surface area (Å²) in [7, 11) is -4.52. The first-order chi connectivity index (χ1) is 23.5. The van der Waals surface area contributed by atoms with Gasteiger partial charge in [-0.25, -0.2) is 0 Å². The maximum Gasteiger partial charge on any atom is 0.294 e. The average Bonchev–Trinajstić information content (AvgIpc) is 3.08. The predicted octanol–water partition coefficient (Wildman–Crippen LogP) is 5.26. The Bertz CT molecular complexity index is 1760. The van der Waals surface area contributed by atoms with Crippen LogP contribution >= 0.6 is 0 Å². The predicted molar refractivity (Wildman–Crippen MR) is 195 cm³/mol. The highest BCUT2D eigenvalue weighted by molar-refractivity contribution is 7.85. The molecule has 0 aliphatic heterocycles. The SMILES string of the molecule is CCN(CC)CCCNc1nc(NCCCN(CC)CC)nc(Nc2ccc(C(=O)Nc3ccc4c(O)cc(S(=O)(=O)O)cc4c3)cc2)n1. The fraction of sp³-hybridized carbons (Fsp3) is 0.412. The molecule has 49 heavy (non-hydrogen) atoms. The highest BCUT2D eigenvalue weighted by Crippen LogP contribution is 2.31. The van der Waals surface area contributed by atoms with E-state index in [4.69, 9.17) is 0 Å². The third-order valence-corrected chi connectivity index (χ3v) is 8.99. The van der Waals surface area contributed by atoms with Gasteiger partial charge in [-0.2, -0.15) is 23.4 Å². The maximum absolute atomic E-state index is 13.0. The lowest BCUT2D eigenvalue weighted by Crippen LogP contribution is -2.26. The largest absolute Gasteiger partial charge is 0.507 e. The summed E-state index contributed by atoms with van der Waals surface area (Å²) in [5.41, 5.74) is 1.43. The van der Waals surface area contributed by atoms with E-state index in [1.54, 1.807) is 36.4 Å². The van der Waals surface area contributed by atoms with E-state index in [2.05, 4.69) is 73.7 Å². The molecule has 0 radical (unpaired) electrons. The van der Waals surface area contributed by atoms with Crippen molar-refractivity contribution in [2.45, 2.75) is 45.4 Å². The maximum atomic E-state index is 13.0. The lowest BCUT2D eigenvalue weighted by atomic mass is 10.1. The number of aromatic hydroxyl groups is 1. The number of rotatable bonds is 19. The Kier molecular flexibility index (Phi) is 13.5. The van der Waals surface area contributed by atoms with Gasteiger partial charge >= 0.3 is 0 Å². The van der Waals surface area contributed by atoms with Crippen molar-refractivity contribution in [1.82, 2.24) is 24.8 Å². The van der Waals surface area contributed by atoms with Crippen molar-refractivity contribution in [1.29, 1.82) is 0 Å². The summed E-state index contributed by atoms with van der Waals surface area (Å²) >= 11 is 0. The number of aromatic nitrogens is 3. The molecule has 4 aromatic rings. The number of phenols is 1. The highest BCUT2D eigenvalue weighted by Gasteiger charge is 2.15. The fourth-order valence-corrected chi connectivity index (χ4v) is 5.80.